The van der Waals surface area contributed by atoms with Crippen LogP contribution in [-0.4, -0.2) is 11.3 Å². The number of aromatic nitrogens is 1. The van der Waals surface area contributed by atoms with Gasteiger partial charge in [-0.05, 0) is 144 Å². The maximum atomic E-state index is 6.98. The Bertz CT molecular complexity index is 4930. The lowest BCUT2D eigenvalue weighted by Crippen LogP contribution is -2.60. The standard InChI is InChI=1S/C78H49BN2O/c1-6-21-50(22-7-1)55-31-18-33-58(41-55)62-36-20-37-63(59-34-19-32-56(42-59)51-23-8-2-9-24-51)77(62)81-71-48-66-64-35-16-17-38-74(64)82-75(66)49-68(71)79-69-45-60(53-27-12-4-13-28-53)44-67-65-43-57(52-25-10-3-11-26-52)39-40-70(65)80(78(67)69)72-46-61(47-73(81)76(72)79)54-29-14-5-15-30-54/h1-49H. The lowest BCUT2D eigenvalue weighted by atomic mass is 9.33. The number of furan rings is 1. The first-order valence-corrected chi connectivity index (χ1v) is 28.3. The molecule has 15 aromatic rings. The molecule has 380 valence electrons. The zero-order valence-corrected chi connectivity index (χ0v) is 44.7. The smallest absolute Gasteiger partial charge is 0.252 e. The van der Waals surface area contributed by atoms with Gasteiger partial charge in [0.2, 0.25) is 0 Å². The summed E-state index contributed by atoms with van der Waals surface area (Å²) < 4.78 is 9.58. The molecular weight excluding hydrogens is 992 g/mol. The maximum absolute atomic E-state index is 6.98. The molecular formula is C78H49BN2O. The molecule has 0 spiro atoms. The lowest BCUT2D eigenvalue weighted by Gasteiger charge is -2.42. The highest BCUT2D eigenvalue weighted by atomic mass is 16.3. The monoisotopic (exact) mass is 1040 g/mol. The van der Waals surface area contributed by atoms with E-state index in [1.807, 2.05) is 0 Å². The summed E-state index contributed by atoms with van der Waals surface area (Å²) in [6.45, 7) is -0.186. The summed E-state index contributed by atoms with van der Waals surface area (Å²) in [6, 6.07) is 110. The van der Waals surface area contributed by atoms with Crippen molar-refractivity contribution in [1.82, 2.24) is 4.57 Å². The summed E-state index contributed by atoms with van der Waals surface area (Å²) in [5.41, 5.74) is 28.7. The Morgan fingerprint density at radius 1 is 0.268 bits per heavy atom. The van der Waals surface area contributed by atoms with Crippen LogP contribution in [0.2, 0.25) is 0 Å². The van der Waals surface area contributed by atoms with Crippen LogP contribution >= 0.6 is 0 Å². The van der Waals surface area contributed by atoms with Crippen LogP contribution in [0.25, 0.3) is 127 Å². The molecule has 3 nitrogen and oxygen atoms in total. The molecule has 0 atom stereocenters. The summed E-state index contributed by atoms with van der Waals surface area (Å²) in [5.74, 6) is 0. The lowest BCUT2D eigenvalue weighted by molar-refractivity contribution is 0.669. The molecule has 0 aliphatic carbocycles. The van der Waals surface area contributed by atoms with Crippen LogP contribution in [0.3, 0.4) is 0 Å². The molecule has 0 unspecified atom stereocenters. The van der Waals surface area contributed by atoms with Crippen molar-refractivity contribution in [2.24, 2.45) is 0 Å². The van der Waals surface area contributed by atoms with E-state index in [0.717, 1.165) is 72.4 Å². The zero-order valence-electron chi connectivity index (χ0n) is 44.7. The van der Waals surface area contributed by atoms with Gasteiger partial charge in [-0.25, -0.2) is 0 Å². The van der Waals surface area contributed by atoms with Gasteiger partial charge in [-0.1, -0.05) is 237 Å². The minimum absolute atomic E-state index is 0.186. The van der Waals surface area contributed by atoms with Crippen LogP contribution in [0.15, 0.2) is 302 Å². The van der Waals surface area contributed by atoms with Gasteiger partial charge in [-0.2, -0.15) is 0 Å². The molecule has 4 heterocycles. The summed E-state index contributed by atoms with van der Waals surface area (Å²) in [7, 11) is 0. The molecule has 0 radical (unpaired) electrons. The second kappa shape index (κ2) is 18.5. The number of hydrogen-bond acceptors (Lipinski definition) is 2. The fourth-order valence-corrected chi connectivity index (χ4v) is 13.6. The average molecular weight is 1040 g/mol. The molecule has 0 saturated carbocycles. The molecule has 2 aliphatic heterocycles. The van der Waals surface area contributed by atoms with Crippen LogP contribution in [0.1, 0.15) is 0 Å². The van der Waals surface area contributed by atoms with Gasteiger partial charge in [0.25, 0.3) is 6.71 Å². The van der Waals surface area contributed by atoms with Gasteiger partial charge in [0.1, 0.15) is 11.2 Å². The van der Waals surface area contributed by atoms with E-state index >= 15 is 0 Å². The number of anilines is 3. The summed E-state index contributed by atoms with van der Waals surface area (Å²) in [4.78, 5) is 2.65. The topological polar surface area (TPSA) is 21.3 Å². The summed E-state index contributed by atoms with van der Waals surface area (Å²) in [5, 5.41) is 4.64. The van der Waals surface area contributed by atoms with Gasteiger partial charge >= 0.3 is 0 Å². The van der Waals surface area contributed by atoms with Gasteiger partial charge in [-0.3, -0.25) is 0 Å². The molecule has 0 fully saturated rings. The minimum atomic E-state index is -0.186. The summed E-state index contributed by atoms with van der Waals surface area (Å²) in [6.07, 6.45) is 0. The second-order valence-corrected chi connectivity index (χ2v) is 21.9. The van der Waals surface area contributed by atoms with Crippen molar-refractivity contribution in [1.29, 1.82) is 0 Å². The van der Waals surface area contributed by atoms with E-state index < -0.39 is 0 Å². The van der Waals surface area contributed by atoms with Crippen LogP contribution in [0, 0.1) is 0 Å². The van der Waals surface area contributed by atoms with Crippen LogP contribution in [0.4, 0.5) is 17.1 Å². The van der Waals surface area contributed by atoms with Gasteiger partial charge in [0.15, 0.2) is 0 Å². The molecule has 0 saturated heterocycles. The molecule has 4 heteroatoms. The number of nitrogens with zero attached hydrogens (tertiary/aromatic N) is 2. The fourth-order valence-electron chi connectivity index (χ4n) is 13.6. The third-order valence-electron chi connectivity index (χ3n) is 17.3. The van der Waals surface area contributed by atoms with Crippen molar-refractivity contribution in [2.45, 2.75) is 0 Å². The zero-order chi connectivity index (χ0) is 53.8. The number of fused-ring (bicyclic) bond motifs is 10. The van der Waals surface area contributed by atoms with E-state index in [1.54, 1.807) is 0 Å². The van der Waals surface area contributed by atoms with E-state index in [0.29, 0.717) is 0 Å². The predicted molar refractivity (Wildman–Crippen MR) is 345 cm³/mol. The summed E-state index contributed by atoms with van der Waals surface area (Å²) >= 11 is 0. The number of hydrogen-bond donors (Lipinski definition) is 0. The maximum Gasteiger partial charge on any atom is 0.252 e. The molecule has 0 amide bonds. The predicted octanol–water partition coefficient (Wildman–Crippen LogP) is 19.0. The van der Waals surface area contributed by atoms with Gasteiger partial charge in [-0.15, -0.1) is 0 Å². The Morgan fingerprint density at radius 2 is 0.744 bits per heavy atom. The third kappa shape index (κ3) is 7.25. The van der Waals surface area contributed by atoms with E-state index in [2.05, 4.69) is 307 Å². The van der Waals surface area contributed by atoms with Crippen molar-refractivity contribution in [3.05, 3.63) is 297 Å². The quantitative estimate of drug-likeness (QED) is 0.141. The first-order valence-electron chi connectivity index (χ1n) is 28.3. The van der Waals surface area contributed by atoms with Crippen LogP contribution < -0.4 is 21.3 Å². The number of benzene rings is 13. The fraction of sp³-hybridized carbons (Fsp3) is 0. The van der Waals surface area contributed by atoms with E-state index in [-0.39, 0.29) is 6.71 Å². The van der Waals surface area contributed by atoms with E-state index in [1.165, 1.54) is 88.4 Å². The minimum Gasteiger partial charge on any atom is -0.456 e. The van der Waals surface area contributed by atoms with Crippen molar-refractivity contribution in [2.75, 3.05) is 4.90 Å². The van der Waals surface area contributed by atoms with Crippen molar-refractivity contribution < 1.29 is 4.42 Å². The van der Waals surface area contributed by atoms with Crippen molar-refractivity contribution in [3.8, 4) is 83.6 Å². The molecule has 2 aliphatic rings. The third-order valence-corrected chi connectivity index (χ3v) is 17.3. The van der Waals surface area contributed by atoms with Crippen molar-refractivity contribution in [3.63, 3.8) is 0 Å². The normalized spacial score (nSPS) is 12.3. The van der Waals surface area contributed by atoms with Crippen LogP contribution in [-0.2, 0) is 0 Å². The van der Waals surface area contributed by atoms with Crippen molar-refractivity contribution >= 4 is 83.9 Å². The molecule has 2 aromatic heterocycles. The average Bonchev–Trinajstić information content (AvgIpc) is 1.42. The van der Waals surface area contributed by atoms with Gasteiger partial charge in [0.05, 0.1) is 11.2 Å². The van der Waals surface area contributed by atoms with Gasteiger partial charge in [0, 0.05) is 55.3 Å². The highest BCUT2D eigenvalue weighted by molar-refractivity contribution is 7.00. The Morgan fingerprint density at radius 3 is 1.34 bits per heavy atom. The van der Waals surface area contributed by atoms with Gasteiger partial charge < -0.3 is 13.9 Å². The largest absolute Gasteiger partial charge is 0.456 e. The first kappa shape index (κ1) is 46.3. The highest BCUT2D eigenvalue weighted by Crippen LogP contribution is 2.52. The molecule has 17 rings (SSSR count). The van der Waals surface area contributed by atoms with E-state index in [9.17, 15) is 0 Å². The molecule has 0 N–H and O–H groups in total. The van der Waals surface area contributed by atoms with Crippen LogP contribution in [0.5, 0.6) is 0 Å². The Balaban J connectivity index is 1.04. The number of para-hydroxylation sites is 2. The SMILES string of the molecule is c1ccc(-c2cccc(-c3cccc(-c4cccc(-c5ccccc5)c4)c3N3c4cc5c(cc4B4c6c3cc(-c3ccccc3)cc6-n3c6ccc(-c7ccccc7)cc6c6cc(-c7ccccc7)cc4c63)oc3ccccc35)c2)cc1. The molecule has 82 heavy (non-hydrogen) atoms. The highest BCUT2D eigenvalue weighted by Gasteiger charge is 2.44. The van der Waals surface area contributed by atoms with E-state index in [4.69, 9.17) is 4.42 Å². The Hall–Kier alpha value is -10.7. The Labute approximate surface area is 476 Å². The molecule has 13 aromatic carbocycles. The Kier molecular flexibility index (Phi) is 10.4. The second-order valence-electron chi connectivity index (χ2n) is 21.9. The molecule has 0 bridgehead atoms. The first-order chi connectivity index (χ1) is 40.7. The number of rotatable bonds is 8.